The zero-order chi connectivity index (χ0) is 19.2. The fourth-order valence-electron chi connectivity index (χ4n) is 2.41. The molecule has 0 spiro atoms. The van der Waals surface area contributed by atoms with Crippen molar-refractivity contribution in [2.75, 3.05) is 5.75 Å². The number of nitro groups is 1. The number of hydrogen-bond acceptors (Lipinski definition) is 5. The Morgan fingerprint density at radius 1 is 1.19 bits per heavy atom. The number of nitro benzene ring substituents is 1. The van der Waals surface area contributed by atoms with Crippen LogP contribution in [0.15, 0.2) is 70.7 Å². The van der Waals surface area contributed by atoms with Crippen molar-refractivity contribution in [3.63, 3.8) is 0 Å². The molecule has 3 rings (SSSR count). The summed E-state index contributed by atoms with van der Waals surface area (Å²) in [6, 6.07) is 17.9. The van der Waals surface area contributed by atoms with Gasteiger partial charge in [0.15, 0.2) is 0 Å². The molecule has 0 heterocycles. The number of nitrogens with zero attached hydrogens (tertiary/aromatic N) is 2. The standard InChI is InChI=1S/C19H14ClN3O3S/c20-17-9-8-15(23(25)26)10-14(17)11-21-22-19(24)12-27-18-7-3-5-13-4-1-2-6-16(13)18/h1-11H,12H2,(H,22,24)/b21-11-. The molecule has 1 N–H and O–H groups in total. The van der Waals surface area contributed by atoms with E-state index in [1.807, 2.05) is 42.5 Å². The summed E-state index contributed by atoms with van der Waals surface area (Å²) in [4.78, 5) is 23.3. The van der Waals surface area contributed by atoms with Gasteiger partial charge in [-0.2, -0.15) is 5.10 Å². The monoisotopic (exact) mass is 399 g/mol. The summed E-state index contributed by atoms with van der Waals surface area (Å²) in [7, 11) is 0. The van der Waals surface area contributed by atoms with Gasteiger partial charge in [-0.05, 0) is 22.9 Å². The van der Waals surface area contributed by atoms with Crippen molar-refractivity contribution in [1.82, 2.24) is 5.43 Å². The maximum absolute atomic E-state index is 12.0. The molecule has 0 radical (unpaired) electrons. The number of carbonyl (C=O) groups is 1. The smallest absolute Gasteiger partial charge is 0.270 e. The lowest BCUT2D eigenvalue weighted by molar-refractivity contribution is -0.384. The molecule has 0 bridgehead atoms. The van der Waals surface area contributed by atoms with Gasteiger partial charge in [-0.25, -0.2) is 5.43 Å². The molecule has 0 fully saturated rings. The Morgan fingerprint density at radius 3 is 2.78 bits per heavy atom. The third-order valence-corrected chi connectivity index (χ3v) is 5.11. The normalized spacial score (nSPS) is 11.0. The lowest BCUT2D eigenvalue weighted by atomic mass is 10.1. The van der Waals surface area contributed by atoms with Crippen LogP contribution in [0, 0.1) is 10.1 Å². The molecule has 136 valence electrons. The summed E-state index contributed by atoms with van der Waals surface area (Å²) in [6.07, 6.45) is 1.29. The fraction of sp³-hybridized carbons (Fsp3) is 0.0526. The van der Waals surface area contributed by atoms with Crippen LogP contribution >= 0.6 is 23.4 Å². The summed E-state index contributed by atoms with van der Waals surface area (Å²) in [5, 5.41) is 17.1. The van der Waals surface area contributed by atoms with Crippen LogP contribution in [0.2, 0.25) is 5.02 Å². The number of nitrogens with one attached hydrogen (secondary N) is 1. The minimum atomic E-state index is -0.521. The Balaban J connectivity index is 1.61. The van der Waals surface area contributed by atoms with Crippen LogP contribution in [0.5, 0.6) is 0 Å². The van der Waals surface area contributed by atoms with Gasteiger partial charge < -0.3 is 0 Å². The van der Waals surface area contributed by atoms with E-state index in [4.69, 9.17) is 11.6 Å². The molecule has 0 saturated heterocycles. The van der Waals surface area contributed by atoms with Crippen molar-refractivity contribution in [2.45, 2.75) is 4.90 Å². The number of carbonyl (C=O) groups excluding carboxylic acids is 1. The molecule has 0 atom stereocenters. The van der Waals surface area contributed by atoms with E-state index in [2.05, 4.69) is 10.5 Å². The van der Waals surface area contributed by atoms with Crippen LogP contribution in [0.3, 0.4) is 0 Å². The van der Waals surface area contributed by atoms with Gasteiger partial charge in [0.25, 0.3) is 5.69 Å². The molecule has 0 aliphatic rings. The number of halogens is 1. The molecule has 0 unspecified atom stereocenters. The topological polar surface area (TPSA) is 84.6 Å². The second kappa shape index (κ2) is 8.66. The first kappa shape index (κ1) is 18.9. The molecule has 6 nitrogen and oxygen atoms in total. The van der Waals surface area contributed by atoms with Crippen molar-refractivity contribution in [3.05, 3.63) is 81.4 Å². The predicted molar refractivity (Wildman–Crippen MR) is 109 cm³/mol. The molecule has 3 aromatic rings. The highest BCUT2D eigenvalue weighted by Crippen LogP contribution is 2.27. The van der Waals surface area contributed by atoms with Crippen LogP contribution in [0.25, 0.3) is 10.8 Å². The van der Waals surface area contributed by atoms with E-state index < -0.39 is 4.92 Å². The van der Waals surface area contributed by atoms with Crippen LogP contribution < -0.4 is 5.43 Å². The van der Waals surface area contributed by atoms with Gasteiger partial charge in [0.2, 0.25) is 5.91 Å². The van der Waals surface area contributed by atoms with Crippen molar-refractivity contribution in [1.29, 1.82) is 0 Å². The highest BCUT2D eigenvalue weighted by atomic mass is 35.5. The van der Waals surface area contributed by atoms with Gasteiger partial charge in [-0.15, -0.1) is 11.8 Å². The number of benzene rings is 3. The first-order valence-electron chi connectivity index (χ1n) is 7.91. The highest BCUT2D eigenvalue weighted by Gasteiger charge is 2.09. The predicted octanol–water partition coefficient (Wildman–Crippen LogP) is 4.64. The maximum atomic E-state index is 12.0. The second-order valence-corrected chi connectivity index (χ2v) is 6.95. The number of rotatable bonds is 6. The van der Waals surface area contributed by atoms with E-state index in [9.17, 15) is 14.9 Å². The van der Waals surface area contributed by atoms with Crippen molar-refractivity contribution in [3.8, 4) is 0 Å². The van der Waals surface area contributed by atoms with Gasteiger partial charge in [-0.1, -0.05) is 48.0 Å². The van der Waals surface area contributed by atoms with E-state index in [0.717, 1.165) is 15.7 Å². The number of non-ortho nitro benzene ring substituents is 1. The number of fused-ring (bicyclic) bond motifs is 1. The van der Waals surface area contributed by atoms with E-state index in [1.165, 1.54) is 36.2 Å². The number of thioether (sulfide) groups is 1. The summed E-state index contributed by atoms with van der Waals surface area (Å²) >= 11 is 7.39. The Morgan fingerprint density at radius 2 is 1.96 bits per heavy atom. The van der Waals surface area contributed by atoms with Gasteiger partial charge in [0, 0.05) is 27.6 Å². The minimum absolute atomic E-state index is 0.0984. The fourth-order valence-corrected chi connectivity index (χ4v) is 3.45. The second-order valence-electron chi connectivity index (χ2n) is 5.52. The van der Waals surface area contributed by atoms with Gasteiger partial charge in [0.1, 0.15) is 0 Å². The van der Waals surface area contributed by atoms with Gasteiger partial charge in [0.05, 0.1) is 16.9 Å². The SMILES string of the molecule is O=C(CSc1cccc2ccccc12)N/N=C\c1cc([N+](=O)[O-])ccc1Cl. The lowest BCUT2D eigenvalue weighted by Crippen LogP contribution is -2.19. The molecule has 8 heteroatoms. The van der Waals surface area contributed by atoms with Crippen molar-refractivity contribution in [2.24, 2.45) is 5.10 Å². The average molecular weight is 400 g/mol. The Labute approximate surface area is 164 Å². The van der Waals surface area contributed by atoms with E-state index >= 15 is 0 Å². The lowest BCUT2D eigenvalue weighted by Gasteiger charge is -2.05. The Kier molecular flexibility index (Phi) is 6.05. The zero-order valence-corrected chi connectivity index (χ0v) is 15.5. The summed E-state index contributed by atoms with van der Waals surface area (Å²) in [5.41, 5.74) is 2.66. The summed E-state index contributed by atoms with van der Waals surface area (Å²) in [6.45, 7) is 0. The minimum Gasteiger partial charge on any atom is -0.272 e. The molecular formula is C19H14ClN3O3S. The molecule has 27 heavy (non-hydrogen) atoms. The Bertz CT molecular complexity index is 1030. The molecule has 1 amide bonds. The number of hydrazone groups is 1. The highest BCUT2D eigenvalue weighted by molar-refractivity contribution is 8.00. The maximum Gasteiger partial charge on any atom is 0.270 e. The van der Waals surface area contributed by atoms with E-state index in [-0.39, 0.29) is 17.3 Å². The van der Waals surface area contributed by atoms with E-state index in [0.29, 0.717) is 10.6 Å². The molecule has 3 aromatic carbocycles. The van der Waals surface area contributed by atoms with E-state index in [1.54, 1.807) is 0 Å². The van der Waals surface area contributed by atoms with Crippen molar-refractivity contribution < 1.29 is 9.72 Å². The molecule has 0 aliphatic heterocycles. The first-order valence-corrected chi connectivity index (χ1v) is 9.27. The molecule has 0 saturated carbocycles. The molecule has 0 aromatic heterocycles. The first-order chi connectivity index (χ1) is 13.0. The van der Waals surface area contributed by atoms with Crippen molar-refractivity contribution >= 4 is 51.9 Å². The number of amides is 1. The average Bonchev–Trinajstić information content (AvgIpc) is 2.67. The van der Waals surface area contributed by atoms with Gasteiger partial charge in [-0.3, -0.25) is 14.9 Å². The number of hydrogen-bond donors (Lipinski definition) is 1. The molecular weight excluding hydrogens is 386 g/mol. The van der Waals surface area contributed by atoms with Gasteiger partial charge >= 0.3 is 0 Å². The zero-order valence-electron chi connectivity index (χ0n) is 14.0. The summed E-state index contributed by atoms with van der Waals surface area (Å²) in [5.74, 6) is -0.0978. The van der Waals surface area contributed by atoms with Crippen LogP contribution in [0.1, 0.15) is 5.56 Å². The summed E-state index contributed by atoms with van der Waals surface area (Å²) < 4.78 is 0. The Hall–Kier alpha value is -2.90. The van der Waals surface area contributed by atoms with Crippen LogP contribution in [-0.4, -0.2) is 22.8 Å². The quantitative estimate of drug-likeness (QED) is 0.283. The van der Waals surface area contributed by atoms with Crippen LogP contribution in [0.4, 0.5) is 5.69 Å². The third-order valence-electron chi connectivity index (χ3n) is 3.69. The largest absolute Gasteiger partial charge is 0.272 e. The van der Waals surface area contributed by atoms with Crippen LogP contribution in [-0.2, 0) is 4.79 Å². The third kappa shape index (κ3) is 4.84. The molecule has 0 aliphatic carbocycles.